The van der Waals surface area contributed by atoms with Crippen molar-refractivity contribution in [2.45, 2.75) is 25.6 Å². The van der Waals surface area contributed by atoms with Crippen molar-refractivity contribution in [1.29, 1.82) is 0 Å². The Hall–Kier alpha value is -2.49. The molecular weight excluding hydrogens is 337 g/mol. The van der Waals surface area contributed by atoms with Crippen molar-refractivity contribution in [3.8, 4) is 11.1 Å². The summed E-state index contributed by atoms with van der Waals surface area (Å²) in [6.07, 6.45) is 0.940. The van der Waals surface area contributed by atoms with Crippen molar-refractivity contribution in [2.75, 3.05) is 13.7 Å². The van der Waals surface area contributed by atoms with Crippen LogP contribution in [0.2, 0.25) is 0 Å². The third-order valence-corrected chi connectivity index (χ3v) is 5.30. The molecule has 1 aliphatic rings. The summed E-state index contributed by atoms with van der Waals surface area (Å²) < 4.78 is 20.0. The molecular formula is C24H24FNO. The number of rotatable bonds is 2. The van der Waals surface area contributed by atoms with Gasteiger partial charge in [-0.15, -0.1) is 0 Å². The number of hydrogen-bond donors (Lipinski definition) is 0. The van der Waals surface area contributed by atoms with Crippen LogP contribution >= 0.6 is 0 Å². The molecule has 0 saturated heterocycles. The standard InChI is InChI=1S/C24H24FNO/c1-26-15-19-9-5-6-10-23(19)24-14-21(25)12-11-20(24)16-27-17-22(26)13-18-7-3-2-4-8-18/h2-12,14,22H,13,15-17H2,1H3. The molecule has 0 N–H and O–H groups in total. The molecule has 0 aromatic heterocycles. The molecule has 3 heteroatoms. The minimum Gasteiger partial charge on any atom is -0.375 e. The van der Waals surface area contributed by atoms with E-state index in [1.165, 1.54) is 17.2 Å². The first-order chi connectivity index (χ1) is 13.2. The summed E-state index contributed by atoms with van der Waals surface area (Å²) in [6.45, 7) is 1.93. The summed E-state index contributed by atoms with van der Waals surface area (Å²) in [5.41, 5.74) is 5.58. The second-order valence-corrected chi connectivity index (χ2v) is 7.23. The van der Waals surface area contributed by atoms with E-state index in [4.69, 9.17) is 4.74 Å². The molecule has 1 atom stereocenters. The molecule has 27 heavy (non-hydrogen) atoms. The zero-order chi connectivity index (χ0) is 18.6. The van der Waals surface area contributed by atoms with Gasteiger partial charge in [0.2, 0.25) is 0 Å². The molecule has 1 unspecified atom stereocenters. The summed E-state index contributed by atoms with van der Waals surface area (Å²) in [5, 5.41) is 0. The molecule has 0 saturated carbocycles. The summed E-state index contributed by atoms with van der Waals surface area (Å²) in [4.78, 5) is 2.34. The van der Waals surface area contributed by atoms with Gasteiger partial charge in [-0.3, -0.25) is 4.90 Å². The minimum absolute atomic E-state index is 0.212. The number of hydrogen-bond acceptors (Lipinski definition) is 2. The maximum atomic E-state index is 13.9. The number of benzene rings is 3. The molecule has 0 aliphatic carbocycles. The van der Waals surface area contributed by atoms with E-state index in [0.717, 1.165) is 29.7 Å². The molecule has 0 radical (unpaired) electrons. The molecule has 3 aromatic carbocycles. The van der Waals surface area contributed by atoms with Crippen molar-refractivity contribution in [3.05, 3.63) is 95.3 Å². The number of nitrogens with zero attached hydrogens (tertiary/aromatic N) is 1. The summed E-state index contributed by atoms with van der Waals surface area (Å²) in [6, 6.07) is 24.1. The zero-order valence-electron chi connectivity index (χ0n) is 15.6. The van der Waals surface area contributed by atoms with E-state index in [0.29, 0.717) is 13.2 Å². The maximum Gasteiger partial charge on any atom is 0.123 e. The predicted molar refractivity (Wildman–Crippen MR) is 107 cm³/mol. The van der Waals surface area contributed by atoms with Gasteiger partial charge in [-0.1, -0.05) is 60.7 Å². The lowest BCUT2D eigenvalue weighted by Crippen LogP contribution is -2.37. The van der Waals surface area contributed by atoms with Crippen LogP contribution in [0, 0.1) is 5.82 Å². The van der Waals surface area contributed by atoms with E-state index < -0.39 is 0 Å². The first-order valence-corrected chi connectivity index (χ1v) is 9.39. The van der Waals surface area contributed by atoms with Gasteiger partial charge in [-0.05, 0) is 53.4 Å². The van der Waals surface area contributed by atoms with Gasteiger partial charge >= 0.3 is 0 Å². The Morgan fingerprint density at radius 2 is 1.70 bits per heavy atom. The number of likely N-dealkylation sites (N-methyl/N-ethyl adjacent to an activating group) is 1. The SMILES string of the molecule is CN1Cc2ccccc2-c2cc(F)ccc2COCC1Cc1ccccc1. The first-order valence-electron chi connectivity index (χ1n) is 9.39. The highest BCUT2D eigenvalue weighted by Gasteiger charge is 2.20. The van der Waals surface area contributed by atoms with Gasteiger partial charge in [0.05, 0.1) is 13.2 Å². The minimum atomic E-state index is -0.212. The van der Waals surface area contributed by atoms with Gasteiger partial charge in [0.15, 0.2) is 0 Å². The summed E-state index contributed by atoms with van der Waals surface area (Å²) >= 11 is 0. The average molecular weight is 361 g/mol. The zero-order valence-corrected chi connectivity index (χ0v) is 15.6. The van der Waals surface area contributed by atoms with Crippen molar-refractivity contribution in [3.63, 3.8) is 0 Å². The van der Waals surface area contributed by atoms with Crippen molar-refractivity contribution in [2.24, 2.45) is 0 Å². The third kappa shape index (κ3) is 4.10. The van der Waals surface area contributed by atoms with E-state index in [1.807, 2.05) is 18.2 Å². The number of fused-ring (bicyclic) bond motifs is 3. The van der Waals surface area contributed by atoms with Gasteiger partial charge in [0.25, 0.3) is 0 Å². The van der Waals surface area contributed by atoms with E-state index >= 15 is 0 Å². The average Bonchev–Trinajstić information content (AvgIpc) is 2.69. The fourth-order valence-electron chi connectivity index (χ4n) is 3.78. The Kier molecular flexibility index (Phi) is 5.33. The fraction of sp³-hybridized carbons (Fsp3) is 0.250. The van der Waals surface area contributed by atoms with Gasteiger partial charge in [-0.2, -0.15) is 0 Å². The maximum absolute atomic E-state index is 13.9. The normalized spacial score (nSPS) is 17.8. The molecule has 1 aliphatic heterocycles. The Morgan fingerprint density at radius 1 is 0.926 bits per heavy atom. The van der Waals surface area contributed by atoms with Gasteiger partial charge < -0.3 is 4.74 Å². The number of halogens is 1. The van der Waals surface area contributed by atoms with Crippen LogP contribution in [0.25, 0.3) is 11.1 Å². The molecule has 0 bridgehead atoms. The van der Waals surface area contributed by atoms with Crippen LogP contribution in [0.4, 0.5) is 4.39 Å². The Balaban J connectivity index is 1.69. The lowest BCUT2D eigenvalue weighted by Gasteiger charge is -2.30. The quantitative estimate of drug-likeness (QED) is 0.632. The highest BCUT2D eigenvalue weighted by Crippen LogP contribution is 2.30. The molecule has 0 amide bonds. The van der Waals surface area contributed by atoms with Crippen LogP contribution in [-0.2, 0) is 24.3 Å². The Bertz CT molecular complexity index is 909. The van der Waals surface area contributed by atoms with E-state index in [-0.39, 0.29) is 11.9 Å². The van der Waals surface area contributed by atoms with E-state index in [2.05, 4.69) is 54.4 Å². The van der Waals surface area contributed by atoms with Gasteiger partial charge in [0.1, 0.15) is 5.82 Å². The molecule has 0 spiro atoms. The van der Waals surface area contributed by atoms with E-state index in [1.54, 1.807) is 6.07 Å². The first kappa shape index (κ1) is 17.9. The van der Waals surface area contributed by atoms with E-state index in [9.17, 15) is 4.39 Å². The van der Waals surface area contributed by atoms with Crippen molar-refractivity contribution < 1.29 is 9.13 Å². The Labute approximate surface area is 160 Å². The topological polar surface area (TPSA) is 12.5 Å². The van der Waals surface area contributed by atoms with Crippen molar-refractivity contribution >= 4 is 0 Å². The van der Waals surface area contributed by atoms with Crippen LogP contribution in [0.1, 0.15) is 16.7 Å². The van der Waals surface area contributed by atoms with Crippen molar-refractivity contribution in [1.82, 2.24) is 4.90 Å². The lowest BCUT2D eigenvalue weighted by atomic mass is 9.94. The summed E-state index contributed by atoms with van der Waals surface area (Å²) in [5.74, 6) is -0.212. The molecule has 2 nitrogen and oxygen atoms in total. The largest absolute Gasteiger partial charge is 0.375 e. The van der Waals surface area contributed by atoms with Crippen LogP contribution in [0.15, 0.2) is 72.8 Å². The highest BCUT2D eigenvalue weighted by molar-refractivity contribution is 5.70. The van der Waals surface area contributed by atoms with Crippen LogP contribution in [0.3, 0.4) is 0 Å². The summed E-state index contributed by atoms with van der Waals surface area (Å²) in [7, 11) is 2.14. The number of ether oxygens (including phenoxy) is 1. The van der Waals surface area contributed by atoms with Gasteiger partial charge in [0, 0.05) is 12.6 Å². The third-order valence-electron chi connectivity index (χ3n) is 5.30. The molecule has 1 heterocycles. The molecule has 3 aromatic rings. The van der Waals surface area contributed by atoms with Gasteiger partial charge in [-0.25, -0.2) is 4.39 Å². The highest BCUT2D eigenvalue weighted by atomic mass is 19.1. The Morgan fingerprint density at radius 3 is 2.56 bits per heavy atom. The second-order valence-electron chi connectivity index (χ2n) is 7.23. The van der Waals surface area contributed by atoms with Crippen LogP contribution in [0.5, 0.6) is 0 Å². The molecule has 0 fully saturated rings. The van der Waals surface area contributed by atoms with Crippen LogP contribution in [-0.4, -0.2) is 24.6 Å². The van der Waals surface area contributed by atoms with Crippen LogP contribution < -0.4 is 0 Å². The molecule has 4 rings (SSSR count). The predicted octanol–water partition coefficient (Wildman–Crippen LogP) is 5.07. The second kappa shape index (κ2) is 8.03. The lowest BCUT2D eigenvalue weighted by molar-refractivity contribution is 0.0570. The molecule has 138 valence electrons. The smallest absolute Gasteiger partial charge is 0.123 e. The fourth-order valence-corrected chi connectivity index (χ4v) is 3.78. The monoisotopic (exact) mass is 361 g/mol.